The van der Waals surface area contributed by atoms with Gasteiger partial charge in [0.25, 0.3) is 0 Å². The highest BCUT2D eigenvalue weighted by molar-refractivity contribution is 9.11. The highest BCUT2D eigenvalue weighted by Gasteiger charge is 2.14. The van der Waals surface area contributed by atoms with Crippen LogP contribution < -0.4 is 10.6 Å². The molecule has 5 nitrogen and oxygen atoms in total. The van der Waals surface area contributed by atoms with Crippen LogP contribution in [0.5, 0.6) is 0 Å². The zero-order chi connectivity index (χ0) is 14.4. The van der Waals surface area contributed by atoms with Crippen LogP contribution in [0.1, 0.15) is 19.8 Å². The van der Waals surface area contributed by atoms with Gasteiger partial charge in [-0.15, -0.1) is 0 Å². The van der Waals surface area contributed by atoms with Crippen LogP contribution in [0, 0.1) is 0 Å². The minimum atomic E-state index is -0.934. The number of aliphatic carboxylic acids is 1. The zero-order valence-electron chi connectivity index (χ0n) is 10.2. The van der Waals surface area contributed by atoms with E-state index in [-0.39, 0.29) is 12.5 Å². The molecule has 0 aliphatic carbocycles. The van der Waals surface area contributed by atoms with Crippen LogP contribution in [-0.2, 0) is 4.79 Å². The topological polar surface area (TPSA) is 78.4 Å². The second kappa shape index (κ2) is 7.49. The molecule has 0 heterocycles. The standard InChI is InChI=1S/C12H14Br2N2O3/c1-2-8(6-11(17)18)15-12(19)16-10-5-7(13)3-4-9(10)14/h3-5,8H,2,6H2,1H3,(H,17,18)(H2,15,16,19). The van der Waals surface area contributed by atoms with Crippen molar-refractivity contribution >= 4 is 49.5 Å². The Morgan fingerprint density at radius 1 is 1.37 bits per heavy atom. The number of carbonyl (C=O) groups is 2. The van der Waals surface area contributed by atoms with Crippen molar-refractivity contribution in [1.82, 2.24) is 5.32 Å². The third kappa shape index (κ3) is 5.61. The van der Waals surface area contributed by atoms with Gasteiger partial charge in [0, 0.05) is 15.0 Å². The third-order valence-electron chi connectivity index (χ3n) is 2.43. The molecule has 0 saturated carbocycles. The zero-order valence-corrected chi connectivity index (χ0v) is 13.4. The normalized spacial score (nSPS) is 11.7. The van der Waals surface area contributed by atoms with Crippen molar-refractivity contribution in [2.75, 3.05) is 5.32 Å². The van der Waals surface area contributed by atoms with Crippen molar-refractivity contribution in [2.45, 2.75) is 25.8 Å². The average Bonchev–Trinajstić information content (AvgIpc) is 2.32. The first-order valence-corrected chi connectivity index (χ1v) is 7.25. The van der Waals surface area contributed by atoms with Gasteiger partial charge in [-0.05, 0) is 40.5 Å². The van der Waals surface area contributed by atoms with Gasteiger partial charge in [-0.25, -0.2) is 4.79 Å². The lowest BCUT2D eigenvalue weighted by molar-refractivity contribution is -0.137. The molecule has 0 fully saturated rings. The minimum Gasteiger partial charge on any atom is -0.481 e. The van der Waals surface area contributed by atoms with Crippen LogP contribution in [0.15, 0.2) is 27.1 Å². The van der Waals surface area contributed by atoms with Crippen molar-refractivity contribution in [3.63, 3.8) is 0 Å². The Morgan fingerprint density at radius 2 is 2.05 bits per heavy atom. The number of halogens is 2. The van der Waals surface area contributed by atoms with Gasteiger partial charge in [0.05, 0.1) is 12.1 Å². The molecule has 1 rings (SSSR count). The first-order chi connectivity index (χ1) is 8.92. The molecule has 7 heteroatoms. The Labute approximate surface area is 128 Å². The SMILES string of the molecule is CCC(CC(=O)O)NC(=O)Nc1cc(Br)ccc1Br. The highest BCUT2D eigenvalue weighted by Crippen LogP contribution is 2.26. The summed E-state index contributed by atoms with van der Waals surface area (Å²) < 4.78 is 1.58. The van der Waals surface area contributed by atoms with Crippen LogP contribution in [0.3, 0.4) is 0 Å². The molecule has 0 saturated heterocycles. The first kappa shape index (κ1) is 16.0. The molecular weight excluding hydrogens is 380 g/mol. The summed E-state index contributed by atoms with van der Waals surface area (Å²) in [5.74, 6) is -0.934. The fourth-order valence-electron chi connectivity index (χ4n) is 1.45. The Morgan fingerprint density at radius 3 is 2.63 bits per heavy atom. The van der Waals surface area contributed by atoms with E-state index in [9.17, 15) is 9.59 Å². The summed E-state index contributed by atoms with van der Waals surface area (Å²) in [6.07, 6.45) is 0.461. The molecule has 0 aliphatic rings. The van der Waals surface area contributed by atoms with Crippen molar-refractivity contribution in [3.8, 4) is 0 Å². The van der Waals surface area contributed by atoms with Crippen LogP contribution in [0.25, 0.3) is 0 Å². The van der Waals surface area contributed by atoms with Crippen molar-refractivity contribution < 1.29 is 14.7 Å². The maximum Gasteiger partial charge on any atom is 0.319 e. The van der Waals surface area contributed by atoms with Crippen molar-refractivity contribution in [1.29, 1.82) is 0 Å². The maximum atomic E-state index is 11.8. The van der Waals surface area contributed by atoms with Gasteiger partial charge in [0.1, 0.15) is 0 Å². The van der Waals surface area contributed by atoms with Crippen molar-refractivity contribution in [2.24, 2.45) is 0 Å². The van der Waals surface area contributed by atoms with Gasteiger partial charge >= 0.3 is 12.0 Å². The molecule has 1 unspecified atom stereocenters. The second-order valence-electron chi connectivity index (χ2n) is 3.93. The number of nitrogens with one attached hydrogen (secondary N) is 2. The summed E-state index contributed by atoms with van der Waals surface area (Å²) in [7, 11) is 0. The van der Waals surface area contributed by atoms with E-state index in [1.54, 1.807) is 12.1 Å². The number of benzene rings is 1. The fraction of sp³-hybridized carbons (Fsp3) is 0.333. The van der Waals surface area contributed by atoms with Crippen LogP contribution >= 0.6 is 31.9 Å². The fourth-order valence-corrected chi connectivity index (χ4v) is 2.15. The number of rotatable bonds is 5. The Balaban J connectivity index is 2.63. The average molecular weight is 394 g/mol. The quantitative estimate of drug-likeness (QED) is 0.715. The summed E-state index contributed by atoms with van der Waals surface area (Å²) in [6.45, 7) is 1.82. The highest BCUT2D eigenvalue weighted by atomic mass is 79.9. The monoisotopic (exact) mass is 392 g/mol. The van der Waals surface area contributed by atoms with E-state index in [4.69, 9.17) is 5.11 Å². The number of amides is 2. The number of carboxylic acids is 1. The summed E-state index contributed by atoms with van der Waals surface area (Å²) in [6, 6.07) is 4.58. The third-order valence-corrected chi connectivity index (χ3v) is 3.61. The van der Waals surface area contributed by atoms with Crippen LogP contribution in [-0.4, -0.2) is 23.1 Å². The molecule has 19 heavy (non-hydrogen) atoms. The number of hydrogen-bond acceptors (Lipinski definition) is 2. The van der Waals surface area contributed by atoms with Crippen LogP contribution in [0.2, 0.25) is 0 Å². The largest absolute Gasteiger partial charge is 0.481 e. The Hall–Kier alpha value is -1.08. The van der Waals surface area contributed by atoms with Crippen molar-refractivity contribution in [3.05, 3.63) is 27.1 Å². The lowest BCUT2D eigenvalue weighted by Crippen LogP contribution is -2.38. The Kier molecular flexibility index (Phi) is 6.30. The molecule has 1 aromatic carbocycles. The van der Waals surface area contributed by atoms with E-state index < -0.39 is 12.0 Å². The molecular formula is C12H14Br2N2O3. The van der Waals surface area contributed by atoms with Gasteiger partial charge in [0.15, 0.2) is 0 Å². The molecule has 3 N–H and O–H groups in total. The van der Waals surface area contributed by atoms with Gasteiger partial charge in [-0.3, -0.25) is 4.79 Å². The Bertz CT molecular complexity index is 480. The van der Waals surface area contributed by atoms with E-state index in [0.29, 0.717) is 12.1 Å². The number of hydrogen-bond donors (Lipinski definition) is 3. The molecule has 0 aliphatic heterocycles. The minimum absolute atomic E-state index is 0.0937. The van der Waals surface area contributed by atoms with E-state index in [0.717, 1.165) is 8.95 Å². The number of carbonyl (C=O) groups excluding carboxylic acids is 1. The number of anilines is 1. The molecule has 2 amide bonds. The first-order valence-electron chi connectivity index (χ1n) is 5.66. The summed E-state index contributed by atoms with van der Waals surface area (Å²) >= 11 is 6.64. The smallest absolute Gasteiger partial charge is 0.319 e. The van der Waals surface area contributed by atoms with E-state index in [1.807, 2.05) is 13.0 Å². The predicted octanol–water partition coefficient (Wildman–Crippen LogP) is 3.59. The van der Waals surface area contributed by atoms with Crippen LogP contribution in [0.4, 0.5) is 10.5 Å². The summed E-state index contributed by atoms with van der Waals surface area (Å²) in [5, 5.41) is 14.0. The van der Waals surface area contributed by atoms with E-state index >= 15 is 0 Å². The lowest BCUT2D eigenvalue weighted by Gasteiger charge is -2.16. The number of carboxylic acid groups (broad SMARTS) is 1. The number of urea groups is 1. The molecule has 0 aromatic heterocycles. The molecule has 104 valence electrons. The lowest BCUT2D eigenvalue weighted by atomic mass is 10.1. The van der Waals surface area contributed by atoms with Gasteiger partial charge in [-0.1, -0.05) is 22.9 Å². The molecule has 0 spiro atoms. The van der Waals surface area contributed by atoms with Gasteiger partial charge in [-0.2, -0.15) is 0 Å². The molecule has 1 aromatic rings. The van der Waals surface area contributed by atoms with Gasteiger partial charge in [0.2, 0.25) is 0 Å². The molecule has 1 atom stereocenters. The molecule has 0 bridgehead atoms. The second-order valence-corrected chi connectivity index (χ2v) is 5.70. The maximum absolute atomic E-state index is 11.8. The summed E-state index contributed by atoms with van der Waals surface area (Å²) in [5.41, 5.74) is 0.608. The predicted molar refractivity (Wildman–Crippen MR) is 80.3 cm³/mol. The van der Waals surface area contributed by atoms with Gasteiger partial charge < -0.3 is 15.7 Å². The summed E-state index contributed by atoms with van der Waals surface area (Å²) in [4.78, 5) is 22.4. The van der Waals surface area contributed by atoms with E-state index in [2.05, 4.69) is 42.5 Å². The van der Waals surface area contributed by atoms with E-state index in [1.165, 1.54) is 0 Å². The molecule has 0 radical (unpaired) electrons.